The van der Waals surface area contributed by atoms with Crippen LogP contribution in [0.25, 0.3) is 0 Å². The molecule has 1 saturated heterocycles. The Morgan fingerprint density at radius 2 is 1.69 bits per heavy atom. The van der Waals surface area contributed by atoms with Gasteiger partial charge in [-0.2, -0.15) is 0 Å². The minimum atomic E-state index is 1.21. The Labute approximate surface area is 82.3 Å². The average Bonchev–Trinajstić information content (AvgIpc) is 2.08. The number of rotatable bonds is 4. The van der Waals surface area contributed by atoms with Crippen LogP contribution in [-0.4, -0.2) is 75.1 Å². The number of nitrogens with zero attached hydrogens (tertiary/aromatic N) is 3. The highest BCUT2D eigenvalue weighted by molar-refractivity contribution is 4.69. The summed E-state index contributed by atoms with van der Waals surface area (Å²) in [5, 5.41) is 0. The third-order valence-corrected chi connectivity index (χ3v) is 2.68. The van der Waals surface area contributed by atoms with E-state index in [-0.39, 0.29) is 0 Å². The van der Waals surface area contributed by atoms with Gasteiger partial charge in [-0.15, -0.1) is 0 Å². The molecule has 0 aromatic carbocycles. The molecule has 0 radical (unpaired) electrons. The summed E-state index contributed by atoms with van der Waals surface area (Å²) in [5.74, 6) is 0. The van der Waals surface area contributed by atoms with Crippen LogP contribution in [0.2, 0.25) is 0 Å². The van der Waals surface area contributed by atoms with Crippen LogP contribution < -0.4 is 0 Å². The molecule has 78 valence electrons. The SMILES string of the molecule is CN(C)CCCN1CCN(C)CC1. The lowest BCUT2D eigenvalue weighted by molar-refractivity contribution is 0.149. The molecule has 3 heteroatoms. The Morgan fingerprint density at radius 1 is 1.08 bits per heavy atom. The molecule has 1 aliphatic heterocycles. The zero-order valence-corrected chi connectivity index (χ0v) is 9.29. The molecule has 0 spiro atoms. The predicted octanol–water partition coefficient (Wildman–Crippen LogP) is 0.186. The Hall–Kier alpha value is -0.120. The summed E-state index contributed by atoms with van der Waals surface area (Å²) < 4.78 is 0. The van der Waals surface area contributed by atoms with Gasteiger partial charge in [-0.25, -0.2) is 0 Å². The first-order valence-electron chi connectivity index (χ1n) is 5.24. The van der Waals surface area contributed by atoms with Crippen LogP contribution in [0.1, 0.15) is 6.42 Å². The normalized spacial score (nSPS) is 21.2. The van der Waals surface area contributed by atoms with Gasteiger partial charge < -0.3 is 14.7 Å². The van der Waals surface area contributed by atoms with Crippen molar-refractivity contribution in [3.63, 3.8) is 0 Å². The Balaban J connectivity index is 2.02. The summed E-state index contributed by atoms with van der Waals surface area (Å²) in [7, 11) is 6.49. The molecule has 0 unspecified atom stereocenters. The van der Waals surface area contributed by atoms with Gasteiger partial charge in [-0.3, -0.25) is 0 Å². The molecule has 0 bridgehead atoms. The molecule has 0 amide bonds. The molecule has 1 rings (SSSR count). The Morgan fingerprint density at radius 3 is 2.23 bits per heavy atom. The molecule has 1 fully saturated rings. The van der Waals surface area contributed by atoms with E-state index in [1.165, 1.54) is 45.7 Å². The average molecular weight is 185 g/mol. The van der Waals surface area contributed by atoms with E-state index in [1.54, 1.807) is 0 Å². The summed E-state index contributed by atoms with van der Waals surface area (Å²) in [6.07, 6.45) is 1.30. The van der Waals surface area contributed by atoms with Gasteiger partial charge in [0.05, 0.1) is 0 Å². The summed E-state index contributed by atoms with van der Waals surface area (Å²) in [4.78, 5) is 7.24. The van der Waals surface area contributed by atoms with Gasteiger partial charge in [0.1, 0.15) is 0 Å². The maximum atomic E-state index is 2.57. The molecule has 0 saturated carbocycles. The molecule has 3 nitrogen and oxygen atoms in total. The highest BCUT2D eigenvalue weighted by atomic mass is 15.2. The van der Waals surface area contributed by atoms with E-state index >= 15 is 0 Å². The fourth-order valence-corrected chi connectivity index (χ4v) is 1.68. The second-order valence-corrected chi connectivity index (χ2v) is 4.30. The lowest BCUT2D eigenvalue weighted by atomic mass is 10.3. The Bertz CT molecular complexity index is 128. The summed E-state index contributed by atoms with van der Waals surface area (Å²) >= 11 is 0. The topological polar surface area (TPSA) is 9.72 Å². The van der Waals surface area contributed by atoms with Crippen LogP contribution in [0.5, 0.6) is 0 Å². The zero-order chi connectivity index (χ0) is 9.68. The second-order valence-electron chi connectivity index (χ2n) is 4.30. The first-order chi connectivity index (χ1) is 6.18. The minimum Gasteiger partial charge on any atom is -0.309 e. The van der Waals surface area contributed by atoms with Crippen LogP contribution in [0.4, 0.5) is 0 Å². The molecule has 1 heterocycles. The van der Waals surface area contributed by atoms with Crippen LogP contribution in [0.3, 0.4) is 0 Å². The van der Waals surface area contributed by atoms with E-state index in [4.69, 9.17) is 0 Å². The quantitative estimate of drug-likeness (QED) is 0.619. The van der Waals surface area contributed by atoms with Crippen molar-refractivity contribution in [3.8, 4) is 0 Å². The first-order valence-corrected chi connectivity index (χ1v) is 5.24. The monoisotopic (exact) mass is 185 g/mol. The zero-order valence-electron chi connectivity index (χ0n) is 9.29. The maximum Gasteiger partial charge on any atom is 0.0110 e. The molecule has 0 aromatic heterocycles. The van der Waals surface area contributed by atoms with Gasteiger partial charge in [0, 0.05) is 26.2 Å². The highest BCUT2D eigenvalue weighted by Crippen LogP contribution is 1.99. The number of hydrogen-bond acceptors (Lipinski definition) is 3. The molecular weight excluding hydrogens is 162 g/mol. The van der Waals surface area contributed by atoms with Gasteiger partial charge in [0.2, 0.25) is 0 Å². The lowest BCUT2D eigenvalue weighted by Crippen LogP contribution is -2.45. The van der Waals surface area contributed by atoms with E-state index < -0.39 is 0 Å². The number of likely N-dealkylation sites (N-methyl/N-ethyl adjacent to an activating group) is 1. The van der Waals surface area contributed by atoms with E-state index in [0.29, 0.717) is 0 Å². The van der Waals surface area contributed by atoms with E-state index in [0.717, 1.165) is 0 Å². The third-order valence-electron chi connectivity index (χ3n) is 2.68. The van der Waals surface area contributed by atoms with Gasteiger partial charge >= 0.3 is 0 Å². The van der Waals surface area contributed by atoms with Crippen molar-refractivity contribution in [3.05, 3.63) is 0 Å². The fourth-order valence-electron chi connectivity index (χ4n) is 1.68. The van der Waals surface area contributed by atoms with Crippen molar-refractivity contribution in [1.29, 1.82) is 0 Å². The van der Waals surface area contributed by atoms with E-state index in [2.05, 4.69) is 35.8 Å². The molecule has 13 heavy (non-hydrogen) atoms. The molecule has 0 aliphatic carbocycles. The van der Waals surface area contributed by atoms with Crippen molar-refractivity contribution in [2.45, 2.75) is 6.42 Å². The van der Waals surface area contributed by atoms with E-state index in [9.17, 15) is 0 Å². The largest absolute Gasteiger partial charge is 0.309 e. The van der Waals surface area contributed by atoms with Crippen molar-refractivity contribution < 1.29 is 0 Å². The first kappa shape index (κ1) is 11.0. The van der Waals surface area contributed by atoms with Gasteiger partial charge in [0.15, 0.2) is 0 Å². The molecule has 0 N–H and O–H groups in total. The van der Waals surface area contributed by atoms with Crippen LogP contribution in [0.15, 0.2) is 0 Å². The van der Waals surface area contributed by atoms with Crippen LogP contribution >= 0.6 is 0 Å². The summed E-state index contributed by atoms with van der Waals surface area (Å²) in [6, 6.07) is 0. The highest BCUT2D eigenvalue weighted by Gasteiger charge is 2.12. The van der Waals surface area contributed by atoms with Crippen molar-refractivity contribution in [2.75, 3.05) is 60.4 Å². The fraction of sp³-hybridized carbons (Fsp3) is 1.00. The molecule has 1 aliphatic rings. The molecule has 0 atom stereocenters. The molecular formula is C10H23N3. The lowest BCUT2D eigenvalue weighted by Gasteiger charge is -2.32. The van der Waals surface area contributed by atoms with Crippen LogP contribution in [0, 0.1) is 0 Å². The smallest absolute Gasteiger partial charge is 0.0110 e. The van der Waals surface area contributed by atoms with Gasteiger partial charge in [-0.1, -0.05) is 0 Å². The predicted molar refractivity (Wildman–Crippen MR) is 57.1 cm³/mol. The van der Waals surface area contributed by atoms with Crippen molar-refractivity contribution in [1.82, 2.24) is 14.7 Å². The van der Waals surface area contributed by atoms with Crippen molar-refractivity contribution >= 4 is 0 Å². The van der Waals surface area contributed by atoms with Gasteiger partial charge in [-0.05, 0) is 40.7 Å². The summed E-state index contributed by atoms with van der Waals surface area (Å²) in [5.41, 5.74) is 0. The summed E-state index contributed by atoms with van der Waals surface area (Å²) in [6.45, 7) is 7.47. The van der Waals surface area contributed by atoms with Crippen molar-refractivity contribution in [2.24, 2.45) is 0 Å². The third kappa shape index (κ3) is 4.60. The number of hydrogen-bond donors (Lipinski definition) is 0. The second kappa shape index (κ2) is 5.58. The standard InChI is InChI=1S/C10H23N3/c1-11(2)5-4-6-13-9-7-12(3)8-10-13/h4-10H2,1-3H3. The minimum absolute atomic E-state index is 1.21. The maximum absolute atomic E-state index is 2.57. The number of piperazine rings is 1. The molecule has 0 aromatic rings. The van der Waals surface area contributed by atoms with E-state index in [1.807, 2.05) is 0 Å². The van der Waals surface area contributed by atoms with Gasteiger partial charge in [0.25, 0.3) is 0 Å². The Kier molecular flexibility index (Phi) is 4.70. The van der Waals surface area contributed by atoms with Crippen LogP contribution in [-0.2, 0) is 0 Å².